The summed E-state index contributed by atoms with van der Waals surface area (Å²) < 4.78 is 1.73. The number of benzene rings is 2. The summed E-state index contributed by atoms with van der Waals surface area (Å²) in [5, 5.41) is 13.5. The number of hydrogen-bond donors (Lipinski definition) is 2. The molecule has 0 aliphatic carbocycles. The maximum Gasteiger partial charge on any atom is 0.303 e. The number of fused-ring (bicyclic) bond motifs is 1. The molecular weight excluding hydrogens is 384 g/mol. The van der Waals surface area contributed by atoms with Gasteiger partial charge in [-0.25, -0.2) is 4.68 Å². The third-order valence-electron chi connectivity index (χ3n) is 5.18. The van der Waals surface area contributed by atoms with Crippen molar-refractivity contribution in [2.45, 2.75) is 25.4 Å². The van der Waals surface area contributed by atoms with Crippen LogP contribution < -0.4 is 5.73 Å². The molecule has 3 aromatic rings. The molecule has 0 fully saturated rings. The third kappa shape index (κ3) is 3.67. The van der Waals surface area contributed by atoms with E-state index in [9.17, 15) is 14.4 Å². The Hall–Kier alpha value is -3.94. The van der Waals surface area contributed by atoms with E-state index in [0.717, 1.165) is 22.5 Å². The first-order chi connectivity index (χ1) is 14.4. The second kappa shape index (κ2) is 7.82. The Morgan fingerprint density at radius 3 is 2.60 bits per heavy atom. The number of primary amides is 1. The first-order valence-electron chi connectivity index (χ1n) is 9.50. The van der Waals surface area contributed by atoms with E-state index < -0.39 is 17.9 Å². The largest absolute Gasteiger partial charge is 0.481 e. The van der Waals surface area contributed by atoms with Crippen molar-refractivity contribution >= 4 is 17.8 Å². The van der Waals surface area contributed by atoms with Crippen LogP contribution in [0.4, 0.5) is 0 Å². The first-order valence-corrected chi connectivity index (χ1v) is 9.50. The van der Waals surface area contributed by atoms with E-state index in [0.29, 0.717) is 5.56 Å². The summed E-state index contributed by atoms with van der Waals surface area (Å²) in [4.78, 5) is 36.8. The van der Waals surface area contributed by atoms with Crippen LogP contribution in [0.1, 0.15) is 28.8 Å². The number of hydrogen-bond acceptors (Lipinski definition) is 4. The number of carboxylic acids is 1. The molecule has 1 unspecified atom stereocenters. The van der Waals surface area contributed by atoms with Crippen molar-refractivity contribution in [3.63, 3.8) is 0 Å². The Balaban J connectivity index is 1.58. The summed E-state index contributed by atoms with van der Waals surface area (Å²) in [6, 6.07) is 16.1. The van der Waals surface area contributed by atoms with Gasteiger partial charge >= 0.3 is 5.97 Å². The van der Waals surface area contributed by atoms with E-state index in [2.05, 4.69) is 5.10 Å². The second-order valence-electron chi connectivity index (χ2n) is 7.14. The Morgan fingerprint density at radius 2 is 1.90 bits per heavy atom. The summed E-state index contributed by atoms with van der Waals surface area (Å²) >= 11 is 0. The summed E-state index contributed by atoms with van der Waals surface area (Å²) in [7, 11) is 0. The van der Waals surface area contributed by atoms with Crippen LogP contribution in [0.2, 0.25) is 0 Å². The van der Waals surface area contributed by atoms with Gasteiger partial charge in [0.2, 0.25) is 5.91 Å². The predicted molar refractivity (Wildman–Crippen MR) is 109 cm³/mol. The average Bonchev–Trinajstić information content (AvgIpc) is 3.34. The highest BCUT2D eigenvalue weighted by molar-refractivity contribution is 6.01. The maximum atomic E-state index is 12.8. The minimum absolute atomic E-state index is 0.0170. The molecule has 8 nitrogen and oxygen atoms in total. The Labute approximate surface area is 172 Å². The standard InChI is InChI=1S/C22H20N4O4/c23-21(29)19(8-9-20(27)28)25-13-15-12-16(6-7-17(15)22(25)30)26-11-10-18(24-26)14-4-2-1-3-5-14/h1-7,10-12,19H,8-9,13H2,(H2,23,29)(H,27,28). The lowest BCUT2D eigenvalue weighted by Crippen LogP contribution is -2.45. The van der Waals surface area contributed by atoms with E-state index in [1.807, 2.05) is 48.7 Å². The van der Waals surface area contributed by atoms with E-state index in [1.54, 1.807) is 16.8 Å². The molecule has 1 aliphatic rings. The molecular formula is C22H20N4O4. The van der Waals surface area contributed by atoms with E-state index >= 15 is 0 Å². The molecule has 3 N–H and O–H groups in total. The summed E-state index contributed by atoms with van der Waals surface area (Å²) in [5.41, 5.74) is 9.28. The van der Waals surface area contributed by atoms with Gasteiger partial charge in [0.15, 0.2) is 0 Å². The Kier molecular flexibility index (Phi) is 5.05. The Bertz CT molecular complexity index is 1120. The average molecular weight is 404 g/mol. The molecule has 0 saturated carbocycles. The van der Waals surface area contributed by atoms with Gasteiger partial charge in [0.25, 0.3) is 5.91 Å². The van der Waals surface area contributed by atoms with Crippen molar-refractivity contribution in [2.24, 2.45) is 5.73 Å². The van der Waals surface area contributed by atoms with E-state index in [4.69, 9.17) is 10.8 Å². The zero-order valence-electron chi connectivity index (χ0n) is 16.1. The van der Waals surface area contributed by atoms with Crippen molar-refractivity contribution in [2.75, 3.05) is 0 Å². The molecule has 4 rings (SSSR count). The third-order valence-corrected chi connectivity index (χ3v) is 5.18. The van der Waals surface area contributed by atoms with Crippen LogP contribution in [0.15, 0.2) is 60.8 Å². The number of carbonyl (C=O) groups is 3. The van der Waals surface area contributed by atoms with Crippen LogP contribution in [0, 0.1) is 0 Å². The van der Waals surface area contributed by atoms with Crippen LogP contribution in [0.25, 0.3) is 16.9 Å². The number of nitrogens with zero attached hydrogens (tertiary/aromatic N) is 3. The quantitative estimate of drug-likeness (QED) is 0.626. The van der Waals surface area contributed by atoms with E-state index in [1.165, 1.54) is 4.90 Å². The molecule has 1 aromatic heterocycles. The van der Waals surface area contributed by atoms with Crippen LogP contribution >= 0.6 is 0 Å². The highest BCUT2D eigenvalue weighted by Gasteiger charge is 2.35. The fraction of sp³-hybridized carbons (Fsp3) is 0.182. The lowest BCUT2D eigenvalue weighted by molar-refractivity contribution is -0.137. The number of carbonyl (C=O) groups excluding carboxylic acids is 2. The van der Waals surface area contributed by atoms with Gasteiger partial charge in [0.05, 0.1) is 11.4 Å². The highest BCUT2D eigenvalue weighted by Crippen LogP contribution is 2.28. The Morgan fingerprint density at radius 1 is 1.13 bits per heavy atom. The number of amides is 2. The minimum atomic E-state index is -1.04. The molecule has 1 aliphatic heterocycles. The molecule has 2 aromatic carbocycles. The van der Waals surface area contributed by atoms with Gasteiger partial charge in [-0.3, -0.25) is 14.4 Å². The van der Waals surface area contributed by atoms with Crippen molar-refractivity contribution in [1.82, 2.24) is 14.7 Å². The van der Waals surface area contributed by atoms with Crippen molar-refractivity contribution in [3.05, 3.63) is 71.9 Å². The molecule has 0 spiro atoms. The van der Waals surface area contributed by atoms with Crippen molar-refractivity contribution < 1.29 is 19.5 Å². The molecule has 8 heteroatoms. The molecule has 0 radical (unpaired) electrons. The molecule has 1 atom stereocenters. The van der Waals surface area contributed by atoms with Gasteiger partial charge in [-0.2, -0.15) is 5.10 Å². The normalized spacial score (nSPS) is 13.9. The molecule has 0 bridgehead atoms. The molecule has 30 heavy (non-hydrogen) atoms. The monoisotopic (exact) mass is 404 g/mol. The second-order valence-corrected chi connectivity index (χ2v) is 7.14. The van der Waals surface area contributed by atoms with Crippen LogP contribution in [-0.4, -0.2) is 43.6 Å². The first kappa shape index (κ1) is 19.4. The number of aromatic nitrogens is 2. The summed E-state index contributed by atoms with van der Waals surface area (Å²) in [6.45, 7) is 0.196. The van der Waals surface area contributed by atoms with Crippen LogP contribution in [-0.2, 0) is 16.1 Å². The van der Waals surface area contributed by atoms with E-state index in [-0.39, 0.29) is 25.3 Å². The molecule has 2 heterocycles. The van der Waals surface area contributed by atoms with Crippen LogP contribution in [0.5, 0.6) is 0 Å². The molecule has 152 valence electrons. The highest BCUT2D eigenvalue weighted by atomic mass is 16.4. The van der Waals surface area contributed by atoms with Gasteiger partial charge < -0.3 is 15.7 Å². The number of aliphatic carboxylic acids is 1. The SMILES string of the molecule is NC(=O)C(CCC(=O)O)N1Cc2cc(-n3ccc(-c4ccccc4)n3)ccc2C1=O. The van der Waals surface area contributed by atoms with Gasteiger partial charge in [0, 0.05) is 30.3 Å². The van der Waals surface area contributed by atoms with Gasteiger partial charge in [-0.15, -0.1) is 0 Å². The minimum Gasteiger partial charge on any atom is -0.481 e. The lowest BCUT2D eigenvalue weighted by Gasteiger charge is -2.24. The maximum absolute atomic E-state index is 12.8. The summed E-state index contributed by atoms with van der Waals surface area (Å²) in [6.07, 6.45) is 1.59. The molecule has 0 saturated heterocycles. The number of nitrogens with two attached hydrogens (primary N) is 1. The van der Waals surface area contributed by atoms with Crippen molar-refractivity contribution in [3.8, 4) is 16.9 Å². The lowest BCUT2D eigenvalue weighted by atomic mass is 10.1. The smallest absolute Gasteiger partial charge is 0.303 e. The molecule has 2 amide bonds. The van der Waals surface area contributed by atoms with Gasteiger partial charge in [0.1, 0.15) is 6.04 Å². The summed E-state index contributed by atoms with van der Waals surface area (Å²) in [5.74, 6) is -2.08. The fourth-order valence-corrected chi connectivity index (χ4v) is 3.67. The van der Waals surface area contributed by atoms with Gasteiger partial charge in [-0.1, -0.05) is 30.3 Å². The predicted octanol–water partition coefficient (Wildman–Crippen LogP) is 2.21. The topological polar surface area (TPSA) is 119 Å². The van der Waals surface area contributed by atoms with Crippen LogP contribution in [0.3, 0.4) is 0 Å². The zero-order valence-corrected chi connectivity index (χ0v) is 16.1. The number of rotatable bonds is 7. The van der Waals surface area contributed by atoms with Crippen molar-refractivity contribution in [1.29, 1.82) is 0 Å². The zero-order chi connectivity index (χ0) is 21.3. The fourth-order valence-electron chi connectivity index (χ4n) is 3.67. The number of carboxylic acid groups (broad SMARTS) is 1. The van der Waals surface area contributed by atoms with Gasteiger partial charge in [-0.05, 0) is 36.2 Å².